The van der Waals surface area contributed by atoms with Gasteiger partial charge in [0.1, 0.15) is 5.56 Å². The maximum Gasteiger partial charge on any atom is 0.418 e. The highest BCUT2D eigenvalue weighted by Gasteiger charge is 2.34. The van der Waals surface area contributed by atoms with E-state index in [4.69, 9.17) is 4.74 Å². The molecule has 13 heteroatoms. The summed E-state index contributed by atoms with van der Waals surface area (Å²) in [5, 5.41) is 5.40. The van der Waals surface area contributed by atoms with Crippen LogP contribution < -0.4 is 15.4 Å². The van der Waals surface area contributed by atoms with Gasteiger partial charge in [-0.15, -0.1) is 0 Å². The van der Waals surface area contributed by atoms with Gasteiger partial charge in [0.05, 0.1) is 23.0 Å². The van der Waals surface area contributed by atoms with Gasteiger partial charge in [0.25, 0.3) is 12.3 Å². The molecule has 0 aliphatic heterocycles. The molecule has 3 heterocycles. The van der Waals surface area contributed by atoms with Crippen molar-refractivity contribution in [2.45, 2.75) is 51.3 Å². The van der Waals surface area contributed by atoms with Crippen LogP contribution in [0.15, 0.2) is 24.5 Å². The summed E-state index contributed by atoms with van der Waals surface area (Å²) in [6, 6.07) is 2.08. The number of carbonyl (C=O) groups is 1. The number of halogens is 5. The SMILES string of the molecule is CC1CCC(NC(=O)c2cc3[nH]c(Nc4cnccc4C(F)(F)F)nc3nc2OCC(F)F)CC1. The van der Waals surface area contributed by atoms with Gasteiger partial charge >= 0.3 is 6.18 Å². The largest absolute Gasteiger partial charge is 0.471 e. The molecule has 0 unspecified atom stereocenters. The van der Waals surface area contributed by atoms with Crippen LogP contribution in [0.1, 0.15) is 48.5 Å². The predicted molar refractivity (Wildman–Crippen MR) is 117 cm³/mol. The minimum atomic E-state index is -4.63. The summed E-state index contributed by atoms with van der Waals surface area (Å²) in [7, 11) is 0. The normalized spacial score (nSPS) is 18.6. The first-order valence-corrected chi connectivity index (χ1v) is 11.0. The van der Waals surface area contributed by atoms with E-state index in [-0.39, 0.29) is 40.3 Å². The van der Waals surface area contributed by atoms with Crippen molar-refractivity contribution in [3.05, 3.63) is 35.7 Å². The van der Waals surface area contributed by atoms with E-state index in [0.717, 1.165) is 44.1 Å². The van der Waals surface area contributed by atoms with Crippen LogP contribution in [-0.2, 0) is 6.18 Å². The topological polar surface area (TPSA) is 105 Å². The first-order chi connectivity index (χ1) is 16.6. The molecule has 1 aliphatic carbocycles. The Morgan fingerprint density at radius 3 is 2.66 bits per heavy atom. The number of aromatic amines is 1. The highest BCUT2D eigenvalue weighted by atomic mass is 19.4. The summed E-state index contributed by atoms with van der Waals surface area (Å²) < 4.78 is 70.5. The van der Waals surface area contributed by atoms with Crippen molar-refractivity contribution in [2.75, 3.05) is 11.9 Å². The molecular weight excluding hydrogens is 475 g/mol. The van der Waals surface area contributed by atoms with Crippen molar-refractivity contribution in [3.8, 4) is 5.88 Å². The Labute approximate surface area is 196 Å². The fourth-order valence-electron chi connectivity index (χ4n) is 3.94. The van der Waals surface area contributed by atoms with Crippen LogP contribution in [0.25, 0.3) is 11.2 Å². The third kappa shape index (κ3) is 5.95. The number of fused-ring (bicyclic) bond motifs is 1. The van der Waals surface area contributed by atoms with Crippen molar-refractivity contribution in [2.24, 2.45) is 5.92 Å². The summed E-state index contributed by atoms with van der Waals surface area (Å²) in [6.07, 6.45) is -1.93. The van der Waals surface area contributed by atoms with Gasteiger partial charge in [-0.05, 0) is 43.7 Å². The summed E-state index contributed by atoms with van der Waals surface area (Å²) >= 11 is 0. The number of hydrogen-bond acceptors (Lipinski definition) is 6. The quantitative estimate of drug-likeness (QED) is 0.393. The predicted octanol–water partition coefficient (Wildman–Crippen LogP) is 5.07. The molecule has 1 amide bonds. The molecule has 0 aromatic carbocycles. The summed E-state index contributed by atoms with van der Waals surface area (Å²) in [5.74, 6) is -0.418. The zero-order valence-electron chi connectivity index (χ0n) is 18.6. The van der Waals surface area contributed by atoms with Crippen LogP contribution in [-0.4, -0.2) is 44.9 Å². The zero-order valence-corrected chi connectivity index (χ0v) is 18.6. The molecule has 0 atom stereocenters. The maximum absolute atomic E-state index is 13.3. The molecule has 0 spiro atoms. The number of hydrogen-bond donors (Lipinski definition) is 3. The summed E-state index contributed by atoms with van der Waals surface area (Å²) in [5.41, 5.74) is -1.21. The minimum Gasteiger partial charge on any atom is -0.471 e. The van der Waals surface area contributed by atoms with Crippen LogP contribution in [0.3, 0.4) is 0 Å². The number of anilines is 2. The second-order valence-electron chi connectivity index (χ2n) is 8.47. The molecule has 1 saturated carbocycles. The second kappa shape index (κ2) is 10.0. The summed E-state index contributed by atoms with van der Waals surface area (Å²) in [4.78, 5) is 27.5. The highest BCUT2D eigenvalue weighted by molar-refractivity contribution is 5.99. The lowest BCUT2D eigenvalue weighted by atomic mass is 9.87. The molecule has 3 N–H and O–H groups in total. The van der Waals surface area contributed by atoms with Crippen LogP contribution in [0.2, 0.25) is 0 Å². The van der Waals surface area contributed by atoms with Crippen LogP contribution in [0.5, 0.6) is 5.88 Å². The first-order valence-electron chi connectivity index (χ1n) is 11.0. The third-order valence-corrected chi connectivity index (χ3v) is 5.76. The van der Waals surface area contributed by atoms with Crippen LogP contribution >= 0.6 is 0 Å². The molecular formula is C22H23F5N6O2. The number of imidazole rings is 1. The van der Waals surface area contributed by atoms with E-state index in [9.17, 15) is 26.7 Å². The van der Waals surface area contributed by atoms with E-state index in [1.165, 1.54) is 6.07 Å². The van der Waals surface area contributed by atoms with E-state index in [1.54, 1.807) is 0 Å². The lowest BCUT2D eigenvalue weighted by molar-refractivity contribution is -0.137. The van der Waals surface area contributed by atoms with E-state index in [1.807, 2.05) is 0 Å². The molecule has 8 nitrogen and oxygen atoms in total. The smallest absolute Gasteiger partial charge is 0.418 e. The minimum absolute atomic E-state index is 0.0303. The molecule has 0 radical (unpaired) electrons. The number of nitrogens with zero attached hydrogens (tertiary/aromatic N) is 3. The van der Waals surface area contributed by atoms with Gasteiger partial charge in [0.2, 0.25) is 11.8 Å². The van der Waals surface area contributed by atoms with Crippen LogP contribution in [0, 0.1) is 5.92 Å². The molecule has 3 aromatic heterocycles. The van der Waals surface area contributed by atoms with Crippen molar-refractivity contribution in [3.63, 3.8) is 0 Å². The van der Waals surface area contributed by atoms with Crippen molar-refractivity contribution in [1.82, 2.24) is 25.3 Å². The van der Waals surface area contributed by atoms with Gasteiger partial charge in [0, 0.05) is 12.2 Å². The number of H-pyrrole nitrogens is 1. The molecule has 3 aromatic rings. The van der Waals surface area contributed by atoms with Gasteiger partial charge in [-0.1, -0.05) is 6.92 Å². The lowest BCUT2D eigenvalue weighted by Crippen LogP contribution is -2.37. The van der Waals surface area contributed by atoms with E-state index < -0.39 is 30.7 Å². The number of nitrogens with one attached hydrogen (secondary N) is 3. The molecule has 1 aliphatic rings. The molecule has 0 saturated heterocycles. The first kappa shape index (κ1) is 24.6. The second-order valence-corrected chi connectivity index (χ2v) is 8.47. The van der Waals surface area contributed by atoms with Gasteiger partial charge in [-0.25, -0.2) is 8.78 Å². The Hall–Kier alpha value is -3.51. The third-order valence-electron chi connectivity index (χ3n) is 5.76. The average molecular weight is 498 g/mol. The molecule has 0 bridgehead atoms. The average Bonchev–Trinajstić information content (AvgIpc) is 3.19. The zero-order chi connectivity index (χ0) is 25.2. The highest BCUT2D eigenvalue weighted by Crippen LogP contribution is 2.35. The lowest BCUT2D eigenvalue weighted by Gasteiger charge is -2.27. The van der Waals surface area contributed by atoms with E-state index in [2.05, 4.69) is 37.5 Å². The Bertz CT molecular complexity index is 1190. The van der Waals surface area contributed by atoms with Crippen molar-refractivity contribution >= 4 is 28.7 Å². The van der Waals surface area contributed by atoms with Gasteiger partial charge in [-0.2, -0.15) is 23.1 Å². The number of alkyl halides is 5. The molecule has 188 valence electrons. The Morgan fingerprint density at radius 1 is 1.23 bits per heavy atom. The number of ether oxygens (including phenoxy) is 1. The monoisotopic (exact) mass is 498 g/mol. The fourth-order valence-corrected chi connectivity index (χ4v) is 3.94. The Morgan fingerprint density at radius 2 is 1.97 bits per heavy atom. The van der Waals surface area contributed by atoms with Crippen molar-refractivity contribution in [1.29, 1.82) is 0 Å². The van der Waals surface area contributed by atoms with Crippen molar-refractivity contribution < 1.29 is 31.5 Å². The number of pyridine rings is 2. The molecule has 1 fully saturated rings. The number of aromatic nitrogens is 4. The number of rotatable bonds is 7. The Kier molecular flexibility index (Phi) is 7.03. The van der Waals surface area contributed by atoms with Gasteiger partial charge < -0.3 is 20.4 Å². The standard InChI is InChI=1S/C22H23F5N6O2/c1-11-2-4-12(5-3-11)29-19(34)13-8-15-18(32-20(13)35-10-17(23)24)33-21(30-15)31-16-9-28-7-6-14(16)22(25,26)27/h6-9,11-12,17H,2-5,10H2,1H3,(H,29,34)(H2,30,31,32,33). The number of amides is 1. The molecule has 4 rings (SSSR count). The van der Waals surface area contributed by atoms with E-state index in [0.29, 0.717) is 5.92 Å². The van der Waals surface area contributed by atoms with Gasteiger partial charge in [0.15, 0.2) is 12.3 Å². The molecule has 35 heavy (non-hydrogen) atoms. The van der Waals surface area contributed by atoms with E-state index >= 15 is 0 Å². The fraction of sp³-hybridized carbons (Fsp3) is 0.455. The Balaban J connectivity index is 1.63. The summed E-state index contributed by atoms with van der Waals surface area (Å²) in [6.45, 7) is 1.15. The number of carbonyl (C=O) groups excluding carboxylic acids is 1. The van der Waals surface area contributed by atoms with Crippen LogP contribution in [0.4, 0.5) is 33.6 Å². The maximum atomic E-state index is 13.3. The van der Waals surface area contributed by atoms with Gasteiger partial charge in [-0.3, -0.25) is 9.78 Å².